The second-order valence-corrected chi connectivity index (χ2v) is 7.00. The minimum absolute atomic E-state index is 0.0672. The summed E-state index contributed by atoms with van der Waals surface area (Å²) in [5, 5.41) is 10.7. The Morgan fingerprint density at radius 1 is 0.897 bits per heavy atom. The summed E-state index contributed by atoms with van der Waals surface area (Å²) in [7, 11) is 3.12. The van der Waals surface area contributed by atoms with Crippen LogP contribution in [0.1, 0.15) is 26.3 Å². The van der Waals surface area contributed by atoms with E-state index in [0.29, 0.717) is 24.2 Å². The number of imide groups is 1. The molecule has 2 aromatic rings. The van der Waals surface area contributed by atoms with Gasteiger partial charge in [0.25, 0.3) is 11.8 Å². The Bertz CT molecular complexity index is 803. The summed E-state index contributed by atoms with van der Waals surface area (Å²) in [5.41, 5.74) is 1.83. The van der Waals surface area contributed by atoms with Crippen LogP contribution in [0, 0.1) is 0 Å². The summed E-state index contributed by atoms with van der Waals surface area (Å²) in [5.74, 6) is -0.739. The molecule has 2 aromatic carbocycles. The van der Waals surface area contributed by atoms with E-state index >= 15 is 0 Å². The lowest BCUT2D eigenvalue weighted by Gasteiger charge is -2.29. The first-order valence-corrected chi connectivity index (χ1v) is 9.48. The molecule has 2 amide bonds. The average molecular weight is 398 g/mol. The lowest BCUT2D eigenvalue weighted by atomic mass is 10.1. The maximum atomic E-state index is 12.5. The number of ether oxygens (including phenoxy) is 2. The van der Waals surface area contributed by atoms with Gasteiger partial charge in [-0.2, -0.15) is 0 Å². The minimum atomic E-state index is -0.907. The monoisotopic (exact) mass is 398 g/mol. The van der Waals surface area contributed by atoms with Crippen LogP contribution in [0.3, 0.4) is 0 Å². The molecule has 0 bridgehead atoms. The number of methoxy groups -OCH3 is 2. The van der Waals surface area contributed by atoms with Gasteiger partial charge in [-0.05, 0) is 17.7 Å². The van der Waals surface area contributed by atoms with Gasteiger partial charge in [0.2, 0.25) is 0 Å². The molecule has 0 spiro atoms. The Morgan fingerprint density at radius 3 is 2.00 bits per heavy atom. The van der Waals surface area contributed by atoms with E-state index in [9.17, 15) is 14.7 Å². The number of carbonyl (C=O) groups is 2. The third-order valence-electron chi connectivity index (χ3n) is 4.92. The number of hydrogen-bond donors (Lipinski definition) is 1. The molecule has 0 saturated carbocycles. The second-order valence-electron chi connectivity index (χ2n) is 7.00. The van der Waals surface area contributed by atoms with Gasteiger partial charge in [-0.25, -0.2) is 0 Å². The number of nitrogens with zero attached hydrogens (tertiary/aromatic N) is 2. The first kappa shape index (κ1) is 21.1. The molecular weight excluding hydrogens is 372 g/mol. The zero-order chi connectivity index (χ0) is 20.8. The Hall–Kier alpha value is -2.58. The average Bonchev–Trinajstić information content (AvgIpc) is 2.97. The van der Waals surface area contributed by atoms with E-state index in [1.54, 1.807) is 38.5 Å². The Kier molecular flexibility index (Phi) is 7.11. The molecule has 0 fully saturated rings. The van der Waals surface area contributed by atoms with E-state index in [1.165, 1.54) is 0 Å². The highest BCUT2D eigenvalue weighted by Crippen LogP contribution is 2.22. The topological polar surface area (TPSA) is 79.3 Å². The fourth-order valence-corrected chi connectivity index (χ4v) is 3.47. The Morgan fingerprint density at radius 2 is 1.45 bits per heavy atom. The summed E-state index contributed by atoms with van der Waals surface area (Å²) in [6.45, 7) is 1.19. The molecule has 0 aromatic heterocycles. The van der Waals surface area contributed by atoms with Crippen molar-refractivity contribution in [2.45, 2.75) is 18.9 Å². The normalized spacial score (nSPS) is 14.7. The van der Waals surface area contributed by atoms with Crippen LogP contribution in [0.4, 0.5) is 0 Å². The zero-order valence-electron chi connectivity index (χ0n) is 16.7. The molecule has 0 aliphatic carbocycles. The van der Waals surface area contributed by atoms with Gasteiger partial charge in [0.05, 0.1) is 23.8 Å². The van der Waals surface area contributed by atoms with Crippen LogP contribution in [0.5, 0.6) is 0 Å². The van der Waals surface area contributed by atoms with Crippen molar-refractivity contribution in [3.05, 3.63) is 71.3 Å². The van der Waals surface area contributed by atoms with Crippen LogP contribution in [-0.4, -0.2) is 73.0 Å². The predicted octanol–water partition coefficient (Wildman–Crippen LogP) is 1.76. The number of benzene rings is 2. The molecule has 0 radical (unpaired) electrons. The summed E-state index contributed by atoms with van der Waals surface area (Å²) in [4.78, 5) is 28.2. The van der Waals surface area contributed by atoms with E-state index in [2.05, 4.69) is 0 Å². The maximum absolute atomic E-state index is 12.5. The molecule has 0 saturated heterocycles. The van der Waals surface area contributed by atoms with Crippen LogP contribution in [0.25, 0.3) is 0 Å². The molecule has 1 aliphatic heterocycles. The fourth-order valence-electron chi connectivity index (χ4n) is 3.47. The lowest BCUT2D eigenvalue weighted by molar-refractivity contribution is -0.120. The van der Waals surface area contributed by atoms with Gasteiger partial charge < -0.3 is 14.6 Å². The quantitative estimate of drug-likeness (QED) is 0.485. The number of fused-ring (bicyclic) bond motifs is 1. The third-order valence-corrected chi connectivity index (χ3v) is 4.92. The molecule has 154 valence electrons. The minimum Gasteiger partial charge on any atom is -0.390 e. The van der Waals surface area contributed by atoms with E-state index < -0.39 is 12.4 Å². The summed E-state index contributed by atoms with van der Waals surface area (Å²) in [6, 6.07) is 16.5. The van der Waals surface area contributed by atoms with Crippen molar-refractivity contribution in [1.82, 2.24) is 9.80 Å². The summed E-state index contributed by atoms with van der Waals surface area (Å²) < 4.78 is 10.6. The van der Waals surface area contributed by atoms with Gasteiger partial charge >= 0.3 is 0 Å². The van der Waals surface area contributed by atoms with Crippen molar-refractivity contribution in [1.29, 1.82) is 0 Å². The van der Waals surface area contributed by atoms with E-state index in [1.807, 2.05) is 35.2 Å². The Balaban J connectivity index is 1.67. The molecule has 1 aliphatic rings. The smallest absolute Gasteiger partial charge is 0.261 e. The van der Waals surface area contributed by atoms with Crippen LogP contribution in [0.15, 0.2) is 54.6 Å². The highest BCUT2D eigenvalue weighted by atomic mass is 16.7. The molecule has 7 nitrogen and oxygen atoms in total. The number of rotatable bonds is 10. The first-order chi connectivity index (χ1) is 14.0. The van der Waals surface area contributed by atoms with Crippen LogP contribution < -0.4 is 0 Å². The number of carbonyl (C=O) groups excluding carboxylic acids is 2. The molecule has 29 heavy (non-hydrogen) atoms. The second kappa shape index (κ2) is 9.76. The van der Waals surface area contributed by atoms with Gasteiger partial charge in [-0.3, -0.25) is 19.4 Å². The van der Waals surface area contributed by atoms with Crippen LogP contribution in [-0.2, 0) is 16.0 Å². The molecule has 1 heterocycles. The summed E-state index contributed by atoms with van der Waals surface area (Å²) in [6.07, 6.45) is -1.36. The van der Waals surface area contributed by atoms with Crippen LogP contribution in [0.2, 0.25) is 0 Å². The Labute approximate surface area is 170 Å². The van der Waals surface area contributed by atoms with Crippen molar-refractivity contribution in [2.75, 3.05) is 33.9 Å². The number of β-amino-alcohol motifs (C(OH)–C–C–N with tert-alkyl or cyclic N) is 1. The van der Waals surface area contributed by atoms with E-state index in [-0.39, 0.29) is 24.9 Å². The third kappa shape index (κ3) is 5.07. The van der Waals surface area contributed by atoms with Gasteiger partial charge in [-0.15, -0.1) is 0 Å². The maximum Gasteiger partial charge on any atom is 0.261 e. The molecule has 7 heteroatoms. The first-order valence-electron chi connectivity index (χ1n) is 9.48. The summed E-state index contributed by atoms with van der Waals surface area (Å²) >= 11 is 0. The van der Waals surface area contributed by atoms with Gasteiger partial charge in [0, 0.05) is 33.9 Å². The van der Waals surface area contributed by atoms with Crippen molar-refractivity contribution < 1.29 is 24.2 Å². The number of aliphatic hydroxyl groups is 1. The predicted molar refractivity (Wildman–Crippen MR) is 107 cm³/mol. The molecule has 1 atom stereocenters. The zero-order valence-corrected chi connectivity index (χ0v) is 16.7. The fraction of sp³-hybridized carbons (Fsp3) is 0.364. The molecule has 1 N–H and O–H groups in total. The standard InChI is InChI=1S/C22H26N2O5/c1-28-20(29-2)15-23(12-16-8-4-3-5-9-16)13-17(25)14-24-21(26)18-10-6-7-11-19(18)22(24)27/h3-11,17,20,25H,12-15H2,1-2H3. The van der Waals surface area contributed by atoms with E-state index in [4.69, 9.17) is 9.47 Å². The van der Waals surface area contributed by atoms with Gasteiger partial charge in [0.15, 0.2) is 6.29 Å². The van der Waals surface area contributed by atoms with Gasteiger partial charge in [0.1, 0.15) is 0 Å². The number of hydrogen-bond acceptors (Lipinski definition) is 6. The van der Waals surface area contributed by atoms with Gasteiger partial charge in [-0.1, -0.05) is 42.5 Å². The van der Waals surface area contributed by atoms with Crippen LogP contribution >= 0.6 is 0 Å². The highest BCUT2D eigenvalue weighted by molar-refractivity contribution is 6.21. The number of aliphatic hydroxyl groups excluding tert-OH is 1. The van der Waals surface area contributed by atoms with E-state index in [0.717, 1.165) is 10.5 Å². The lowest BCUT2D eigenvalue weighted by Crippen LogP contribution is -2.44. The van der Waals surface area contributed by atoms with Crippen molar-refractivity contribution in [2.24, 2.45) is 0 Å². The van der Waals surface area contributed by atoms with Crippen molar-refractivity contribution in [3.8, 4) is 0 Å². The molecule has 3 rings (SSSR count). The number of amides is 2. The largest absolute Gasteiger partial charge is 0.390 e. The molecule has 1 unspecified atom stereocenters. The van der Waals surface area contributed by atoms with Crippen molar-refractivity contribution in [3.63, 3.8) is 0 Å². The molecular formula is C22H26N2O5. The SMILES string of the molecule is COC(CN(Cc1ccccc1)CC(O)CN1C(=O)c2ccccc2C1=O)OC. The highest BCUT2D eigenvalue weighted by Gasteiger charge is 2.36. The van der Waals surface area contributed by atoms with Crippen molar-refractivity contribution >= 4 is 11.8 Å².